The first-order chi connectivity index (χ1) is 16.1. The van der Waals surface area contributed by atoms with Crippen molar-refractivity contribution in [3.8, 4) is 17.2 Å². The third-order valence-corrected chi connectivity index (χ3v) is 4.29. The van der Waals surface area contributed by atoms with Crippen molar-refractivity contribution in [2.45, 2.75) is 0 Å². The van der Waals surface area contributed by atoms with Crippen LogP contribution in [0.2, 0.25) is 0 Å². The zero-order valence-corrected chi connectivity index (χ0v) is 17.0. The number of aromatic nitrogens is 3. The molecule has 33 heavy (non-hydrogen) atoms. The second kappa shape index (κ2) is 9.92. The van der Waals surface area contributed by atoms with Gasteiger partial charge in [0.15, 0.2) is 11.5 Å². The van der Waals surface area contributed by atoms with E-state index in [9.17, 15) is 14.4 Å². The van der Waals surface area contributed by atoms with Gasteiger partial charge >= 0.3 is 17.9 Å². The van der Waals surface area contributed by atoms with Crippen LogP contribution in [0.5, 0.6) is 17.2 Å². The topological polar surface area (TPSA) is 118 Å². The van der Waals surface area contributed by atoms with E-state index in [0.717, 1.165) is 0 Å². The largest absolute Gasteiger partial charge is 0.419 e. The van der Waals surface area contributed by atoms with Crippen LogP contribution in [0.3, 0.4) is 0 Å². The van der Waals surface area contributed by atoms with E-state index in [1.165, 1.54) is 91.8 Å². The second-order valence-electron chi connectivity index (χ2n) is 6.46. The fourth-order valence-electron chi connectivity index (χ4n) is 2.69. The molecule has 0 radical (unpaired) electrons. The minimum Gasteiger partial charge on any atom is -0.419 e. The SMILES string of the molecule is O=C(Oc1cccc(OC(=O)c2ccncc2)c1OC(=O)c1ccncc1)c1ccncc1. The van der Waals surface area contributed by atoms with Crippen LogP contribution in [0.25, 0.3) is 0 Å². The van der Waals surface area contributed by atoms with Crippen molar-refractivity contribution in [1.82, 2.24) is 15.0 Å². The molecule has 4 aromatic rings. The Kier molecular flexibility index (Phi) is 6.41. The summed E-state index contributed by atoms with van der Waals surface area (Å²) in [5, 5.41) is 0. The Balaban J connectivity index is 1.67. The smallest absolute Gasteiger partial charge is 0.343 e. The molecule has 9 heteroatoms. The fourth-order valence-corrected chi connectivity index (χ4v) is 2.69. The molecule has 0 amide bonds. The summed E-state index contributed by atoms with van der Waals surface area (Å²) in [6, 6.07) is 13.1. The number of nitrogens with zero attached hydrogens (tertiary/aromatic N) is 3. The van der Waals surface area contributed by atoms with Crippen molar-refractivity contribution in [3.63, 3.8) is 0 Å². The molecule has 3 aromatic heterocycles. The molecule has 0 spiro atoms. The van der Waals surface area contributed by atoms with E-state index in [-0.39, 0.29) is 33.9 Å². The third kappa shape index (κ3) is 5.23. The Morgan fingerprint density at radius 2 is 0.818 bits per heavy atom. The number of carbonyl (C=O) groups is 3. The van der Waals surface area contributed by atoms with Gasteiger partial charge in [0, 0.05) is 37.2 Å². The Labute approximate surface area is 187 Å². The molecule has 1 aromatic carbocycles. The lowest BCUT2D eigenvalue weighted by atomic mass is 10.2. The molecular weight excluding hydrogens is 426 g/mol. The lowest BCUT2D eigenvalue weighted by molar-refractivity contribution is 0.0657. The minimum absolute atomic E-state index is 0.112. The van der Waals surface area contributed by atoms with Crippen molar-refractivity contribution in [2.24, 2.45) is 0 Å². The normalized spacial score (nSPS) is 10.2. The molecule has 0 aliphatic rings. The van der Waals surface area contributed by atoms with E-state index in [1.807, 2.05) is 0 Å². The van der Waals surface area contributed by atoms with Gasteiger partial charge in [-0.2, -0.15) is 0 Å². The Morgan fingerprint density at radius 3 is 1.18 bits per heavy atom. The second-order valence-corrected chi connectivity index (χ2v) is 6.46. The predicted octanol–water partition coefficient (Wildman–Crippen LogP) is 3.53. The van der Waals surface area contributed by atoms with Gasteiger partial charge in [0.2, 0.25) is 5.75 Å². The van der Waals surface area contributed by atoms with Crippen LogP contribution in [0, 0.1) is 0 Å². The summed E-state index contributed by atoms with van der Waals surface area (Å²) in [6.07, 6.45) is 8.61. The van der Waals surface area contributed by atoms with Crippen LogP contribution in [-0.2, 0) is 0 Å². The summed E-state index contributed by atoms with van der Waals surface area (Å²) in [5.74, 6) is -2.64. The van der Waals surface area contributed by atoms with Gasteiger partial charge in [0.05, 0.1) is 16.7 Å². The third-order valence-electron chi connectivity index (χ3n) is 4.29. The number of para-hydroxylation sites is 1. The number of hydrogen-bond donors (Lipinski definition) is 0. The maximum atomic E-state index is 12.7. The first-order valence-corrected chi connectivity index (χ1v) is 9.61. The van der Waals surface area contributed by atoms with Gasteiger partial charge in [-0.25, -0.2) is 14.4 Å². The quantitative estimate of drug-likeness (QED) is 0.327. The van der Waals surface area contributed by atoms with Crippen LogP contribution in [-0.4, -0.2) is 32.9 Å². The summed E-state index contributed by atoms with van der Waals surface area (Å²) >= 11 is 0. The number of hydrogen-bond acceptors (Lipinski definition) is 9. The van der Waals surface area contributed by atoms with E-state index in [2.05, 4.69) is 15.0 Å². The van der Waals surface area contributed by atoms with E-state index >= 15 is 0 Å². The van der Waals surface area contributed by atoms with Crippen LogP contribution < -0.4 is 14.2 Å². The van der Waals surface area contributed by atoms with Crippen molar-refractivity contribution < 1.29 is 28.6 Å². The molecule has 9 nitrogen and oxygen atoms in total. The maximum absolute atomic E-state index is 12.7. The highest BCUT2D eigenvalue weighted by atomic mass is 16.6. The lowest BCUT2D eigenvalue weighted by Gasteiger charge is -2.14. The van der Waals surface area contributed by atoms with Crippen molar-refractivity contribution >= 4 is 17.9 Å². The van der Waals surface area contributed by atoms with Gasteiger partial charge in [-0.3, -0.25) is 15.0 Å². The highest BCUT2D eigenvalue weighted by Crippen LogP contribution is 2.38. The zero-order chi connectivity index (χ0) is 23.0. The zero-order valence-electron chi connectivity index (χ0n) is 17.0. The van der Waals surface area contributed by atoms with Crippen LogP contribution in [0.4, 0.5) is 0 Å². The Morgan fingerprint density at radius 1 is 0.485 bits per heavy atom. The summed E-state index contributed by atoms with van der Waals surface area (Å²) in [7, 11) is 0. The predicted molar refractivity (Wildman–Crippen MR) is 114 cm³/mol. The fraction of sp³-hybridized carbons (Fsp3) is 0. The van der Waals surface area contributed by atoms with Gasteiger partial charge in [0.25, 0.3) is 0 Å². The highest BCUT2D eigenvalue weighted by Gasteiger charge is 2.22. The lowest BCUT2D eigenvalue weighted by Crippen LogP contribution is -2.15. The Bertz CT molecular complexity index is 1210. The van der Waals surface area contributed by atoms with E-state index in [1.54, 1.807) is 0 Å². The Hall–Kier alpha value is -4.92. The van der Waals surface area contributed by atoms with Gasteiger partial charge in [-0.15, -0.1) is 0 Å². The number of carbonyl (C=O) groups excluding carboxylic acids is 3. The molecule has 4 rings (SSSR count). The highest BCUT2D eigenvalue weighted by molar-refractivity contribution is 5.95. The molecule has 0 saturated heterocycles. The van der Waals surface area contributed by atoms with E-state index in [4.69, 9.17) is 14.2 Å². The number of benzene rings is 1. The molecule has 0 aliphatic heterocycles. The summed E-state index contributed by atoms with van der Waals surface area (Å²) in [4.78, 5) is 49.4. The van der Waals surface area contributed by atoms with Crippen LogP contribution in [0.1, 0.15) is 31.1 Å². The number of rotatable bonds is 6. The summed E-state index contributed by atoms with van der Waals surface area (Å²) in [5.41, 5.74) is 0.665. The average molecular weight is 441 g/mol. The number of esters is 3. The van der Waals surface area contributed by atoms with Gasteiger partial charge in [0.1, 0.15) is 0 Å². The van der Waals surface area contributed by atoms with Crippen LogP contribution in [0.15, 0.2) is 91.8 Å². The van der Waals surface area contributed by atoms with Crippen molar-refractivity contribution in [1.29, 1.82) is 0 Å². The molecule has 0 saturated carbocycles. The first-order valence-electron chi connectivity index (χ1n) is 9.61. The standard InChI is InChI=1S/C24H15N3O6/c28-22(16-4-10-25-11-5-16)31-19-2-1-3-20(32-23(29)17-6-12-26-13-7-17)21(19)33-24(30)18-8-14-27-15-9-18/h1-15H. The van der Waals surface area contributed by atoms with E-state index < -0.39 is 17.9 Å². The van der Waals surface area contributed by atoms with Gasteiger partial charge in [-0.05, 0) is 48.5 Å². The van der Waals surface area contributed by atoms with E-state index in [0.29, 0.717) is 0 Å². The first kappa shape index (κ1) is 21.3. The molecule has 0 bridgehead atoms. The average Bonchev–Trinajstić information content (AvgIpc) is 2.87. The van der Waals surface area contributed by atoms with Crippen LogP contribution >= 0.6 is 0 Å². The monoisotopic (exact) mass is 441 g/mol. The molecule has 0 aliphatic carbocycles. The molecule has 3 heterocycles. The van der Waals surface area contributed by atoms with Crippen molar-refractivity contribution in [3.05, 3.63) is 108 Å². The number of ether oxygens (including phenoxy) is 3. The molecule has 0 fully saturated rings. The molecule has 0 N–H and O–H groups in total. The molecule has 0 unspecified atom stereocenters. The molecular formula is C24H15N3O6. The molecule has 162 valence electrons. The number of pyridine rings is 3. The summed E-state index contributed by atoms with van der Waals surface area (Å²) < 4.78 is 16.4. The van der Waals surface area contributed by atoms with Gasteiger partial charge < -0.3 is 14.2 Å². The molecule has 0 atom stereocenters. The summed E-state index contributed by atoms with van der Waals surface area (Å²) in [6.45, 7) is 0. The minimum atomic E-state index is -0.758. The van der Waals surface area contributed by atoms with Crippen molar-refractivity contribution in [2.75, 3.05) is 0 Å². The van der Waals surface area contributed by atoms with Gasteiger partial charge in [-0.1, -0.05) is 6.07 Å². The maximum Gasteiger partial charge on any atom is 0.343 e.